The van der Waals surface area contributed by atoms with Crippen molar-refractivity contribution in [3.8, 4) is 5.75 Å². The maximum absolute atomic E-state index is 13.2. The molecule has 1 fully saturated rings. The van der Waals surface area contributed by atoms with Crippen molar-refractivity contribution in [2.45, 2.75) is 26.3 Å². The summed E-state index contributed by atoms with van der Waals surface area (Å²) in [7, 11) is 0. The van der Waals surface area contributed by atoms with Gasteiger partial charge in [-0.25, -0.2) is 4.39 Å². The third kappa shape index (κ3) is 2.69. The first kappa shape index (κ1) is 12.2. The number of hydrogen-bond acceptors (Lipinski definition) is 3. The van der Waals surface area contributed by atoms with Gasteiger partial charge in [0.25, 0.3) is 0 Å². The van der Waals surface area contributed by atoms with Gasteiger partial charge in [-0.15, -0.1) is 0 Å². The van der Waals surface area contributed by atoms with E-state index in [1.165, 1.54) is 12.1 Å². The fourth-order valence-electron chi connectivity index (χ4n) is 2.24. The molecule has 2 rings (SSSR count). The second-order valence-electron chi connectivity index (χ2n) is 5.32. The van der Waals surface area contributed by atoms with Crippen molar-refractivity contribution in [3.05, 3.63) is 24.0 Å². The van der Waals surface area contributed by atoms with Crippen molar-refractivity contribution in [3.63, 3.8) is 0 Å². The minimum absolute atomic E-state index is 0.132. The van der Waals surface area contributed by atoms with Crippen molar-refractivity contribution in [1.82, 2.24) is 5.32 Å². The molecule has 0 amide bonds. The normalized spacial score (nSPS) is 23.4. The monoisotopic (exact) mass is 238 g/mol. The molecule has 17 heavy (non-hydrogen) atoms. The Kier molecular flexibility index (Phi) is 3.24. The standard InChI is InChI=1S/C13H19FN2O/c1-13(2)8-15-6-5-12(13)16-9-3-4-11(17)10(14)7-9/h3-4,7,12,15-17H,5-6,8H2,1-2H3. The van der Waals surface area contributed by atoms with E-state index in [1.807, 2.05) is 0 Å². The number of phenolic OH excluding ortho intramolecular Hbond substituents is 1. The van der Waals surface area contributed by atoms with Gasteiger partial charge in [-0.05, 0) is 30.5 Å². The van der Waals surface area contributed by atoms with Crippen LogP contribution < -0.4 is 10.6 Å². The molecule has 0 aliphatic carbocycles. The molecule has 0 radical (unpaired) electrons. The van der Waals surface area contributed by atoms with Crippen molar-refractivity contribution in [2.75, 3.05) is 18.4 Å². The van der Waals surface area contributed by atoms with Gasteiger partial charge in [0.2, 0.25) is 0 Å². The lowest BCUT2D eigenvalue weighted by atomic mass is 9.80. The lowest BCUT2D eigenvalue weighted by Crippen LogP contribution is -2.49. The number of phenols is 1. The molecule has 1 aromatic carbocycles. The Balaban J connectivity index is 2.11. The SMILES string of the molecule is CC1(C)CNCCC1Nc1ccc(O)c(F)c1. The number of anilines is 1. The van der Waals surface area contributed by atoms with E-state index in [1.54, 1.807) is 6.07 Å². The lowest BCUT2D eigenvalue weighted by Gasteiger charge is -2.40. The first-order chi connectivity index (χ1) is 7.99. The number of aromatic hydroxyl groups is 1. The Morgan fingerprint density at radius 2 is 2.24 bits per heavy atom. The van der Waals surface area contributed by atoms with Crippen LogP contribution in [-0.2, 0) is 0 Å². The van der Waals surface area contributed by atoms with Crippen molar-refractivity contribution in [1.29, 1.82) is 0 Å². The third-order valence-corrected chi connectivity index (χ3v) is 3.42. The molecule has 1 aromatic rings. The van der Waals surface area contributed by atoms with Gasteiger partial charge >= 0.3 is 0 Å². The molecule has 1 heterocycles. The van der Waals surface area contributed by atoms with E-state index in [4.69, 9.17) is 5.11 Å². The zero-order chi connectivity index (χ0) is 12.5. The minimum atomic E-state index is -0.582. The van der Waals surface area contributed by atoms with Crippen LogP contribution >= 0.6 is 0 Å². The largest absolute Gasteiger partial charge is 0.505 e. The number of nitrogens with one attached hydrogen (secondary N) is 2. The van der Waals surface area contributed by atoms with E-state index >= 15 is 0 Å². The molecule has 3 nitrogen and oxygen atoms in total. The maximum atomic E-state index is 13.2. The van der Waals surface area contributed by atoms with Gasteiger partial charge in [0.1, 0.15) is 0 Å². The van der Waals surface area contributed by atoms with Crippen LogP contribution in [0.2, 0.25) is 0 Å². The molecule has 94 valence electrons. The Morgan fingerprint density at radius 3 is 2.88 bits per heavy atom. The number of hydrogen-bond donors (Lipinski definition) is 3. The summed E-state index contributed by atoms with van der Waals surface area (Å²) in [5.74, 6) is -0.887. The molecule has 1 unspecified atom stereocenters. The minimum Gasteiger partial charge on any atom is -0.505 e. The highest BCUT2D eigenvalue weighted by Crippen LogP contribution is 2.29. The molecule has 0 aromatic heterocycles. The molecular formula is C13H19FN2O. The maximum Gasteiger partial charge on any atom is 0.166 e. The van der Waals surface area contributed by atoms with Crippen LogP contribution in [-0.4, -0.2) is 24.2 Å². The van der Waals surface area contributed by atoms with E-state index in [9.17, 15) is 4.39 Å². The van der Waals surface area contributed by atoms with Gasteiger partial charge in [-0.2, -0.15) is 0 Å². The summed E-state index contributed by atoms with van der Waals surface area (Å²) < 4.78 is 13.2. The molecule has 4 heteroatoms. The fourth-order valence-corrected chi connectivity index (χ4v) is 2.24. The van der Waals surface area contributed by atoms with Gasteiger partial charge in [-0.1, -0.05) is 13.8 Å². The zero-order valence-electron chi connectivity index (χ0n) is 10.3. The first-order valence-electron chi connectivity index (χ1n) is 5.95. The molecule has 0 spiro atoms. The number of piperidine rings is 1. The van der Waals surface area contributed by atoms with Gasteiger partial charge in [0, 0.05) is 24.3 Å². The van der Waals surface area contributed by atoms with Crippen molar-refractivity contribution < 1.29 is 9.50 Å². The fraction of sp³-hybridized carbons (Fsp3) is 0.538. The van der Waals surface area contributed by atoms with E-state index < -0.39 is 5.82 Å². The number of benzene rings is 1. The Morgan fingerprint density at radius 1 is 1.47 bits per heavy atom. The van der Waals surface area contributed by atoms with Crippen molar-refractivity contribution in [2.24, 2.45) is 5.41 Å². The highest BCUT2D eigenvalue weighted by molar-refractivity contribution is 5.48. The quantitative estimate of drug-likeness (QED) is 0.693. The number of rotatable bonds is 2. The predicted molar refractivity (Wildman–Crippen MR) is 66.7 cm³/mol. The van der Waals surface area contributed by atoms with Gasteiger partial charge < -0.3 is 15.7 Å². The summed E-state index contributed by atoms with van der Waals surface area (Å²) in [4.78, 5) is 0. The molecule has 1 aliphatic rings. The van der Waals surface area contributed by atoms with Gasteiger partial charge in [-0.3, -0.25) is 0 Å². The molecule has 1 atom stereocenters. The second kappa shape index (κ2) is 4.53. The first-order valence-corrected chi connectivity index (χ1v) is 5.95. The Bertz CT molecular complexity index is 406. The summed E-state index contributed by atoms with van der Waals surface area (Å²) in [6.07, 6.45) is 1.01. The predicted octanol–water partition coefficient (Wildman–Crippen LogP) is 2.33. The molecule has 1 aliphatic heterocycles. The molecular weight excluding hydrogens is 219 g/mol. The highest BCUT2D eigenvalue weighted by Gasteiger charge is 2.32. The van der Waals surface area contributed by atoms with Crippen LogP contribution in [0.25, 0.3) is 0 Å². The molecule has 3 N–H and O–H groups in total. The average Bonchev–Trinajstić information content (AvgIpc) is 2.26. The topological polar surface area (TPSA) is 44.3 Å². The Hall–Kier alpha value is -1.29. The highest BCUT2D eigenvalue weighted by atomic mass is 19.1. The third-order valence-electron chi connectivity index (χ3n) is 3.42. The van der Waals surface area contributed by atoms with E-state index in [0.29, 0.717) is 6.04 Å². The summed E-state index contributed by atoms with van der Waals surface area (Å²) >= 11 is 0. The lowest BCUT2D eigenvalue weighted by molar-refractivity contribution is 0.236. The summed E-state index contributed by atoms with van der Waals surface area (Å²) in [6, 6.07) is 4.74. The van der Waals surface area contributed by atoms with Gasteiger partial charge in [0.05, 0.1) is 0 Å². The molecule has 0 saturated carbocycles. The van der Waals surface area contributed by atoms with Crippen LogP contribution in [0, 0.1) is 11.2 Å². The van der Waals surface area contributed by atoms with E-state index in [2.05, 4.69) is 24.5 Å². The van der Waals surface area contributed by atoms with Crippen LogP contribution in [0.3, 0.4) is 0 Å². The van der Waals surface area contributed by atoms with E-state index in [-0.39, 0.29) is 11.2 Å². The Labute approximate surface area is 101 Å². The zero-order valence-corrected chi connectivity index (χ0v) is 10.3. The molecule has 0 bridgehead atoms. The van der Waals surface area contributed by atoms with Crippen LogP contribution in [0.5, 0.6) is 5.75 Å². The molecule has 1 saturated heterocycles. The smallest absolute Gasteiger partial charge is 0.166 e. The van der Waals surface area contributed by atoms with Crippen molar-refractivity contribution >= 4 is 5.69 Å². The second-order valence-corrected chi connectivity index (χ2v) is 5.32. The average molecular weight is 238 g/mol. The number of halogens is 1. The summed E-state index contributed by atoms with van der Waals surface area (Å²) in [5.41, 5.74) is 0.854. The summed E-state index contributed by atoms with van der Waals surface area (Å²) in [5, 5.41) is 15.8. The van der Waals surface area contributed by atoms with Gasteiger partial charge in [0.15, 0.2) is 11.6 Å². The van der Waals surface area contributed by atoms with E-state index in [0.717, 1.165) is 25.2 Å². The summed E-state index contributed by atoms with van der Waals surface area (Å²) in [6.45, 7) is 6.30. The van der Waals surface area contributed by atoms with Crippen LogP contribution in [0.4, 0.5) is 10.1 Å². The van der Waals surface area contributed by atoms with Crippen LogP contribution in [0.1, 0.15) is 20.3 Å². The van der Waals surface area contributed by atoms with Crippen LogP contribution in [0.15, 0.2) is 18.2 Å².